The Morgan fingerprint density at radius 1 is 1.33 bits per heavy atom. The maximum atomic E-state index is 4.45. The van der Waals surface area contributed by atoms with Crippen molar-refractivity contribution in [2.75, 3.05) is 0 Å². The van der Waals surface area contributed by atoms with Crippen LogP contribution in [0.4, 0.5) is 0 Å². The van der Waals surface area contributed by atoms with E-state index >= 15 is 0 Å². The second-order valence-electron chi connectivity index (χ2n) is 4.10. The van der Waals surface area contributed by atoms with Crippen molar-refractivity contribution in [1.82, 2.24) is 4.98 Å². The standard InChI is InChI=1S/C14H12Br2IN/c1-9-3-2-6-18-14(9)8-12(16)11-7-10(15)4-5-13(11)17/h2-7,12H,8H2,1H3. The summed E-state index contributed by atoms with van der Waals surface area (Å²) in [6.45, 7) is 2.11. The number of rotatable bonds is 3. The molecule has 1 nitrogen and oxygen atoms in total. The first kappa shape index (κ1) is 14.5. The first-order valence-corrected chi connectivity index (χ1v) is 8.36. The third-order valence-corrected chi connectivity index (χ3v) is 5.08. The Morgan fingerprint density at radius 3 is 2.83 bits per heavy atom. The number of nitrogens with zero attached hydrogens (tertiary/aromatic N) is 1. The quantitative estimate of drug-likeness (QED) is 0.421. The minimum atomic E-state index is 0.287. The molecule has 2 aromatic rings. The first-order chi connectivity index (χ1) is 8.58. The lowest BCUT2D eigenvalue weighted by Gasteiger charge is -2.13. The minimum absolute atomic E-state index is 0.287. The highest BCUT2D eigenvalue weighted by Gasteiger charge is 2.14. The molecule has 0 aliphatic carbocycles. The molecule has 0 saturated heterocycles. The highest BCUT2D eigenvalue weighted by molar-refractivity contribution is 14.1. The molecule has 0 amide bonds. The maximum absolute atomic E-state index is 4.45. The normalized spacial score (nSPS) is 12.4. The van der Waals surface area contributed by atoms with E-state index in [9.17, 15) is 0 Å². The maximum Gasteiger partial charge on any atom is 0.0461 e. The highest BCUT2D eigenvalue weighted by atomic mass is 127. The van der Waals surface area contributed by atoms with E-state index in [1.807, 2.05) is 12.3 Å². The Hall–Kier alpha value is 0.0600. The highest BCUT2D eigenvalue weighted by Crippen LogP contribution is 2.32. The van der Waals surface area contributed by atoms with E-state index in [0.717, 1.165) is 16.6 Å². The molecule has 0 radical (unpaired) electrons. The predicted octanol–water partition coefficient (Wildman–Crippen LogP) is 5.44. The molecule has 1 aromatic heterocycles. The topological polar surface area (TPSA) is 12.9 Å². The van der Waals surface area contributed by atoms with Crippen LogP contribution in [0.3, 0.4) is 0 Å². The molecule has 94 valence electrons. The number of aryl methyl sites for hydroxylation is 1. The van der Waals surface area contributed by atoms with Crippen LogP contribution in [0.25, 0.3) is 0 Å². The molecule has 0 bridgehead atoms. The smallest absolute Gasteiger partial charge is 0.0461 e. The number of halogens is 3. The lowest BCUT2D eigenvalue weighted by Crippen LogP contribution is -2.01. The summed E-state index contributed by atoms with van der Waals surface area (Å²) in [6.07, 6.45) is 2.76. The van der Waals surface area contributed by atoms with Gasteiger partial charge in [0.1, 0.15) is 0 Å². The summed E-state index contributed by atoms with van der Waals surface area (Å²) in [4.78, 5) is 4.74. The third-order valence-electron chi connectivity index (χ3n) is 2.79. The van der Waals surface area contributed by atoms with Crippen molar-refractivity contribution in [1.29, 1.82) is 0 Å². The molecule has 0 fully saturated rings. The van der Waals surface area contributed by atoms with Gasteiger partial charge in [0.05, 0.1) is 0 Å². The van der Waals surface area contributed by atoms with Crippen molar-refractivity contribution in [3.05, 3.63) is 61.4 Å². The minimum Gasteiger partial charge on any atom is -0.261 e. The predicted molar refractivity (Wildman–Crippen MR) is 91.2 cm³/mol. The Kier molecular flexibility index (Phi) is 5.21. The lowest BCUT2D eigenvalue weighted by atomic mass is 10.1. The van der Waals surface area contributed by atoms with Gasteiger partial charge in [-0.2, -0.15) is 0 Å². The zero-order chi connectivity index (χ0) is 13.1. The molecule has 1 atom stereocenters. The molecule has 0 aliphatic rings. The van der Waals surface area contributed by atoms with Gasteiger partial charge in [-0.1, -0.05) is 37.9 Å². The van der Waals surface area contributed by atoms with Gasteiger partial charge in [-0.15, -0.1) is 0 Å². The molecule has 18 heavy (non-hydrogen) atoms. The number of aromatic nitrogens is 1. The number of benzene rings is 1. The van der Waals surface area contributed by atoms with E-state index in [0.29, 0.717) is 0 Å². The molecule has 1 heterocycles. The van der Waals surface area contributed by atoms with Crippen molar-refractivity contribution in [2.45, 2.75) is 18.2 Å². The Bertz CT molecular complexity index is 557. The van der Waals surface area contributed by atoms with Crippen LogP contribution in [0.5, 0.6) is 0 Å². The number of pyridine rings is 1. The Morgan fingerprint density at radius 2 is 2.11 bits per heavy atom. The molecule has 1 unspecified atom stereocenters. The Balaban J connectivity index is 2.25. The van der Waals surface area contributed by atoms with E-state index in [4.69, 9.17) is 0 Å². The van der Waals surface area contributed by atoms with Gasteiger partial charge in [0, 0.05) is 31.2 Å². The molecule has 0 spiro atoms. The molecular weight excluding hydrogens is 469 g/mol. The van der Waals surface area contributed by atoms with Crippen LogP contribution >= 0.6 is 54.5 Å². The Labute approximate surface area is 138 Å². The van der Waals surface area contributed by atoms with Crippen molar-refractivity contribution in [3.8, 4) is 0 Å². The molecule has 2 rings (SSSR count). The fourth-order valence-electron chi connectivity index (χ4n) is 1.77. The van der Waals surface area contributed by atoms with Crippen LogP contribution < -0.4 is 0 Å². The average molecular weight is 481 g/mol. The van der Waals surface area contributed by atoms with Gasteiger partial charge < -0.3 is 0 Å². The van der Waals surface area contributed by atoms with Gasteiger partial charge in [0.25, 0.3) is 0 Å². The summed E-state index contributed by atoms with van der Waals surface area (Å²) in [7, 11) is 0. The zero-order valence-electron chi connectivity index (χ0n) is 9.83. The number of hydrogen-bond donors (Lipinski definition) is 0. The molecule has 0 N–H and O–H groups in total. The summed E-state index contributed by atoms with van der Waals surface area (Å²) in [5.74, 6) is 0. The largest absolute Gasteiger partial charge is 0.261 e. The number of alkyl halides is 1. The lowest BCUT2D eigenvalue weighted by molar-refractivity contribution is 0.887. The summed E-state index contributed by atoms with van der Waals surface area (Å²) in [5.41, 5.74) is 3.69. The van der Waals surface area contributed by atoms with E-state index in [1.165, 1.54) is 14.7 Å². The first-order valence-electron chi connectivity index (χ1n) is 5.57. The van der Waals surface area contributed by atoms with Crippen LogP contribution in [0, 0.1) is 10.5 Å². The van der Waals surface area contributed by atoms with Crippen molar-refractivity contribution in [2.24, 2.45) is 0 Å². The van der Waals surface area contributed by atoms with Crippen LogP contribution in [0.1, 0.15) is 21.6 Å². The molecule has 1 aromatic carbocycles. The van der Waals surface area contributed by atoms with Gasteiger partial charge in [0.2, 0.25) is 0 Å². The van der Waals surface area contributed by atoms with Crippen molar-refractivity contribution in [3.63, 3.8) is 0 Å². The van der Waals surface area contributed by atoms with Crippen molar-refractivity contribution < 1.29 is 0 Å². The summed E-state index contributed by atoms with van der Waals surface area (Å²) >= 11 is 9.67. The third kappa shape index (κ3) is 3.54. The fraction of sp³-hybridized carbons (Fsp3) is 0.214. The van der Waals surface area contributed by atoms with E-state index in [-0.39, 0.29) is 4.83 Å². The molecule has 0 saturated carbocycles. The van der Waals surface area contributed by atoms with Crippen LogP contribution in [-0.4, -0.2) is 4.98 Å². The summed E-state index contributed by atoms with van der Waals surface area (Å²) < 4.78 is 2.38. The zero-order valence-corrected chi connectivity index (χ0v) is 15.2. The van der Waals surface area contributed by atoms with Crippen LogP contribution in [0.15, 0.2) is 41.0 Å². The van der Waals surface area contributed by atoms with Gasteiger partial charge in [-0.3, -0.25) is 4.98 Å². The SMILES string of the molecule is Cc1cccnc1CC(Br)c1cc(Br)ccc1I. The van der Waals surface area contributed by atoms with Gasteiger partial charge in [-0.05, 0) is 64.9 Å². The van der Waals surface area contributed by atoms with E-state index < -0.39 is 0 Å². The number of hydrogen-bond acceptors (Lipinski definition) is 1. The molecule has 0 aliphatic heterocycles. The second-order valence-corrected chi connectivity index (χ2v) is 7.29. The molecule has 4 heteroatoms. The van der Waals surface area contributed by atoms with Crippen LogP contribution in [-0.2, 0) is 6.42 Å². The second kappa shape index (κ2) is 6.48. The van der Waals surface area contributed by atoms with Gasteiger partial charge in [-0.25, -0.2) is 0 Å². The van der Waals surface area contributed by atoms with E-state index in [1.54, 1.807) is 0 Å². The van der Waals surface area contributed by atoms with Gasteiger partial charge >= 0.3 is 0 Å². The summed E-state index contributed by atoms with van der Waals surface area (Å²) in [5, 5.41) is 0. The average Bonchev–Trinajstić information content (AvgIpc) is 2.35. The van der Waals surface area contributed by atoms with E-state index in [2.05, 4.69) is 90.6 Å². The summed E-state index contributed by atoms with van der Waals surface area (Å²) in [6, 6.07) is 10.4. The van der Waals surface area contributed by atoms with Crippen LogP contribution in [0.2, 0.25) is 0 Å². The fourth-order valence-corrected chi connectivity index (χ4v) is 3.97. The van der Waals surface area contributed by atoms with Gasteiger partial charge in [0.15, 0.2) is 0 Å². The monoisotopic (exact) mass is 479 g/mol. The molecular formula is C14H12Br2IN. The van der Waals surface area contributed by atoms with Crippen molar-refractivity contribution >= 4 is 54.5 Å².